The van der Waals surface area contributed by atoms with Gasteiger partial charge in [0.1, 0.15) is 0 Å². The minimum atomic E-state index is -0.234. The molecule has 2 aromatic carbocycles. The molecule has 0 bridgehead atoms. The predicted molar refractivity (Wildman–Crippen MR) is 114 cm³/mol. The van der Waals surface area contributed by atoms with Crippen molar-refractivity contribution < 1.29 is 4.79 Å². The van der Waals surface area contributed by atoms with Crippen molar-refractivity contribution in [2.45, 2.75) is 33.7 Å². The van der Waals surface area contributed by atoms with Crippen molar-refractivity contribution in [2.24, 2.45) is 4.99 Å². The Morgan fingerprint density at radius 2 is 1.78 bits per heavy atom. The molecule has 27 heavy (non-hydrogen) atoms. The third-order valence-corrected chi connectivity index (χ3v) is 6.27. The van der Waals surface area contributed by atoms with Crippen LogP contribution in [-0.4, -0.2) is 10.5 Å². The van der Waals surface area contributed by atoms with E-state index in [1.54, 1.807) is 17.4 Å². The molecule has 1 heterocycles. The Morgan fingerprint density at radius 1 is 1.07 bits per heavy atom. The fourth-order valence-electron chi connectivity index (χ4n) is 2.88. The van der Waals surface area contributed by atoms with E-state index in [0.717, 1.165) is 28.1 Å². The topological polar surface area (TPSA) is 34.4 Å². The summed E-state index contributed by atoms with van der Waals surface area (Å²) in [6, 6.07) is 13.1. The van der Waals surface area contributed by atoms with Crippen LogP contribution in [0.15, 0.2) is 47.5 Å². The summed E-state index contributed by atoms with van der Waals surface area (Å²) in [7, 11) is 0. The molecule has 1 aromatic heterocycles. The van der Waals surface area contributed by atoms with Crippen molar-refractivity contribution in [3.05, 3.63) is 73.3 Å². The van der Waals surface area contributed by atoms with Gasteiger partial charge in [0, 0.05) is 22.5 Å². The minimum absolute atomic E-state index is 0.234. The maximum Gasteiger partial charge on any atom is 0.279 e. The number of hydrogen-bond donors (Lipinski definition) is 0. The smallest absolute Gasteiger partial charge is 0.279 e. The quantitative estimate of drug-likeness (QED) is 0.499. The number of carbonyl (C=O) groups is 1. The molecule has 0 fully saturated rings. The first-order valence-electron chi connectivity index (χ1n) is 8.78. The SMILES string of the molecule is CCc1sc(=NC(=O)c2ccc(C)cc2)n(CC)c1-c1ccc(Cl)c(Cl)c1. The maximum atomic E-state index is 12.6. The van der Waals surface area contributed by atoms with E-state index in [4.69, 9.17) is 23.2 Å². The summed E-state index contributed by atoms with van der Waals surface area (Å²) in [4.78, 5) is 18.9. The highest BCUT2D eigenvalue weighted by Gasteiger charge is 2.16. The highest BCUT2D eigenvalue weighted by Crippen LogP contribution is 2.31. The molecule has 1 amide bonds. The Labute approximate surface area is 172 Å². The Balaban J connectivity index is 2.14. The maximum absolute atomic E-state index is 12.6. The highest BCUT2D eigenvalue weighted by atomic mass is 35.5. The second kappa shape index (κ2) is 8.42. The lowest BCUT2D eigenvalue weighted by atomic mass is 10.1. The lowest BCUT2D eigenvalue weighted by molar-refractivity contribution is 0.0998. The van der Waals surface area contributed by atoms with Gasteiger partial charge < -0.3 is 4.57 Å². The molecule has 0 radical (unpaired) electrons. The number of nitrogens with zero attached hydrogens (tertiary/aromatic N) is 2. The number of thiazole rings is 1. The molecule has 0 saturated carbocycles. The molecule has 0 spiro atoms. The zero-order chi connectivity index (χ0) is 19.6. The van der Waals surface area contributed by atoms with Crippen molar-refractivity contribution in [2.75, 3.05) is 0 Å². The summed E-state index contributed by atoms with van der Waals surface area (Å²) in [6.07, 6.45) is 0.842. The van der Waals surface area contributed by atoms with Crippen LogP contribution in [0.5, 0.6) is 0 Å². The van der Waals surface area contributed by atoms with E-state index in [1.165, 1.54) is 0 Å². The van der Waals surface area contributed by atoms with Crippen LogP contribution in [0.2, 0.25) is 10.0 Å². The van der Waals surface area contributed by atoms with Crippen LogP contribution in [0.25, 0.3) is 11.3 Å². The molecule has 6 heteroatoms. The molecule has 0 unspecified atom stereocenters. The van der Waals surface area contributed by atoms with E-state index < -0.39 is 0 Å². The van der Waals surface area contributed by atoms with E-state index in [0.29, 0.717) is 27.0 Å². The lowest BCUT2D eigenvalue weighted by Crippen LogP contribution is -2.17. The fraction of sp³-hybridized carbons (Fsp3) is 0.238. The molecule has 3 aromatic rings. The second-order valence-electron chi connectivity index (χ2n) is 6.17. The van der Waals surface area contributed by atoms with Crippen LogP contribution >= 0.6 is 34.5 Å². The second-order valence-corrected chi connectivity index (χ2v) is 8.04. The minimum Gasteiger partial charge on any atom is -0.316 e. The Kier molecular flexibility index (Phi) is 6.20. The van der Waals surface area contributed by atoms with Gasteiger partial charge in [0.05, 0.1) is 15.7 Å². The summed E-state index contributed by atoms with van der Waals surface area (Å²) in [5.74, 6) is -0.234. The van der Waals surface area contributed by atoms with Crippen molar-refractivity contribution in [1.82, 2.24) is 4.57 Å². The third-order valence-electron chi connectivity index (χ3n) is 4.31. The number of carbonyl (C=O) groups excluding carboxylic acids is 1. The molecule has 0 aliphatic heterocycles. The van der Waals surface area contributed by atoms with Gasteiger partial charge in [0.25, 0.3) is 5.91 Å². The van der Waals surface area contributed by atoms with E-state index >= 15 is 0 Å². The molecule has 0 N–H and O–H groups in total. The average Bonchev–Trinajstić information content (AvgIpc) is 3.01. The first-order chi connectivity index (χ1) is 12.9. The van der Waals surface area contributed by atoms with Crippen molar-refractivity contribution in [3.63, 3.8) is 0 Å². The van der Waals surface area contributed by atoms with Crippen LogP contribution in [0.1, 0.15) is 34.6 Å². The number of hydrogen-bond acceptors (Lipinski definition) is 2. The van der Waals surface area contributed by atoms with E-state index in [1.807, 2.05) is 50.2 Å². The number of benzene rings is 2. The van der Waals surface area contributed by atoms with Crippen molar-refractivity contribution in [3.8, 4) is 11.3 Å². The largest absolute Gasteiger partial charge is 0.316 e. The first-order valence-corrected chi connectivity index (χ1v) is 10.4. The van der Waals surface area contributed by atoms with Gasteiger partial charge in [0.2, 0.25) is 0 Å². The molecule has 0 atom stereocenters. The van der Waals surface area contributed by atoms with Crippen LogP contribution < -0.4 is 4.80 Å². The predicted octanol–water partition coefficient (Wildman–Crippen LogP) is 6.16. The van der Waals surface area contributed by atoms with E-state index in [-0.39, 0.29) is 5.91 Å². The van der Waals surface area contributed by atoms with E-state index in [9.17, 15) is 4.79 Å². The summed E-state index contributed by atoms with van der Waals surface area (Å²) >= 11 is 13.8. The number of rotatable bonds is 4. The third kappa shape index (κ3) is 4.18. The molecule has 0 aliphatic rings. The van der Waals surface area contributed by atoms with Gasteiger partial charge in [-0.05, 0) is 44.5 Å². The molecule has 140 valence electrons. The zero-order valence-electron chi connectivity index (χ0n) is 15.4. The normalized spacial score (nSPS) is 11.8. The van der Waals surface area contributed by atoms with Gasteiger partial charge in [0.15, 0.2) is 4.80 Å². The zero-order valence-corrected chi connectivity index (χ0v) is 17.8. The first kappa shape index (κ1) is 19.9. The molecule has 0 saturated heterocycles. The van der Waals surface area contributed by atoms with Gasteiger partial charge in [-0.1, -0.05) is 53.9 Å². The summed E-state index contributed by atoms with van der Waals surface area (Å²) < 4.78 is 2.06. The number of halogens is 2. The summed E-state index contributed by atoms with van der Waals surface area (Å²) in [5.41, 5.74) is 3.72. The standard InChI is InChI=1S/C21H20Cl2N2OS/c1-4-18-19(15-10-11-16(22)17(23)12-15)25(5-2)21(27-18)24-20(26)14-8-6-13(3)7-9-14/h6-12H,4-5H2,1-3H3. The van der Waals surface area contributed by atoms with Crippen molar-refractivity contribution in [1.29, 1.82) is 0 Å². The fourth-order valence-corrected chi connectivity index (χ4v) is 4.33. The molecular weight excluding hydrogens is 399 g/mol. The monoisotopic (exact) mass is 418 g/mol. The average molecular weight is 419 g/mol. The van der Waals surface area contributed by atoms with Crippen LogP contribution in [0, 0.1) is 6.92 Å². The van der Waals surface area contributed by atoms with Gasteiger partial charge >= 0.3 is 0 Å². The molecule has 3 rings (SSSR count). The Bertz CT molecular complexity index is 1050. The molecule has 0 aliphatic carbocycles. The van der Waals surface area contributed by atoms with E-state index in [2.05, 4.69) is 16.5 Å². The van der Waals surface area contributed by atoms with Gasteiger partial charge in [-0.2, -0.15) is 4.99 Å². The Morgan fingerprint density at radius 3 is 2.37 bits per heavy atom. The summed E-state index contributed by atoms with van der Waals surface area (Å²) in [5, 5.41) is 1.04. The number of amides is 1. The number of aromatic nitrogens is 1. The number of aryl methyl sites for hydroxylation is 2. The van der Waals surface area contributed by atoms with Crippen LogP contribution in [0.3, 0.4) is 0 Å². The van der Waals surface area contributed by atoms with Gasteiger partial charge in [-0.3, -0.25) is 4.79 Å². The van der Waals surface area contributed by atoms with Crippen LogP contribution in [-0.2, 0) is 13.0 Å². The Hall–Kier alpha value is -1.88. The van der Waals surface area contributed by atoms with Gasteiger partial charge in [-0.15, -0.1) is 11.3 Å². The highest BCUT2D eigenvalue weighted by molar-refractivity contribution is 7.09. The lowest BCUT2D eigenvalue weighted by Gasteiger charge is -2.09. The summed E-state index contributed by atoms with van der Waals surface area (Å²) in [6.45, 7) is 6.83. The van der Waals surface area contributed by atoms with Gasteiger partial charge in [-0.25, -0.2) is 0 Å². The molecule has 3 nitrogen and oxygen atoms in total. The van der Waals surface area contributed by atoms with Crippen molar-refractivity contribution >= 4 is 40.4 Å². The van der Waals surface area contributed by atoms with Crippen LogP contribution in [0.4, 0.5) is 0 Å². The molecular formula is C21H20Cl2N2OS.